The van der Waals surface area contributed by atoms with Gasteiger partial charge >= 0.3 is 11.8 Å². The van der Waals surface area contributed by atoms with Crippen molar-refractivity contribution >= 4 is 16.8 Å². The summed E-state index contributed by atoms with van der Waals surface area (Å²) in [4.78, 5) is 32.1. The number of hydrogen-bond acceptors (Lipinski definition) is 8. The molecule has 11 heteroatoms. The number of carbonyl (C=O) groups excluding carboxylic acids is 1. The van der Waals surface area contributed by atoms with Gasteiger partial charge in [-0.25, -0.2) is 15.0 Å². The van der Waals surface area contributed by atoms with E-state index in [1.54, 1.807) is 28.3 Å². The van der Waals surface area contributed by atoms with Crippen molar-refractivity contribution in [3.05, 3.63) is 71.8 Å². The second-order valence-corrected chi connectivity index (χ2v) is 7.92. The molecule has 1 amide bonds. The summed E-state index contributed by atoms with van der Waals surface area (Å²) in [6.45, 7) is 2.27. The highest BCUT2D eigenvalue weighted by molar-refractivity contribution is 5.90. The minimum Gasteiger partial charge on any atom is -0.412 e. The Labute approximate surface area is 187 Å². The number of benzene rings is 1. The molecule has 0 aliphatic carbocycles. The molecule has 164 valence electrons. The Kier molecular flexibility index (Phi) is 4.28. The smallest absolute Gasteiger partial charge is 0.312 e. The molecule has 33 heavy (non-hydrogen) atoms. The molecule has 0 unspecified atom stereocenters. The highest BCUT2D eigenvalue weighted by Crippen LogP contribution is 2.33. The average molecular weight is 441 g/mol. The van der Waals surface area contributed by atoms with Gasteiger partial charge in [0.05, 0.1) is 28.8 Å². The van der Waals surface area contributed by atoms with Gasteiger partial charge in [-0.2, -0.15) is 5.10 Å². The lowest BCUT2D eigenvalue weighted by Gasteiger charge is -2.32. The predicted octanol–water partition coefficient (Wildman–Crippen LogP) is 2.23. The van der Waals surface area contributed by atoms with Gasteiger partial charge in [0.25, 0.3) is 5.89 Å². The fraction of sp³-hybridized carbons (Fsp3) is 0.227. The highest BCUT2D eigenvalue weighted by atomic mass is 16.4. The molecule has 11 nitrogen and oxygen atoms in total. The Morgan fingerprint density at radius 2 is 2.09 bits per heavy atom. The van der Waals surface area contributed by atoms with Crippen LogP contribution in [0.1, 0.15) is 39.6 Å². The first-order chi connectivity index (χ1) is 16.1. The summed E-state index contributed by atoms with van der Waals surface area (Å²) in [5, 5.41) is 13.3. The number of amides is 1. The third kappa shape index (κ3) is 3.16. The fourth-order valence-electron chi connectivity index (χ4n) is 4.23. The highest BCUT2D eigenvalue weighted by Gasteiger charge is 2.38. The molecule has 0 saturated carbocycles. The van der Waals surface area contributed by atoms with E-state index in [0.717, 1.165) is 22.3 Å². The maximum absolute atomic E-state index is 13.5. The van der Waals surface area contributed by atoms with Crippen LogP contribution in [0.4, 0.5) is 0 Å². The molecule has 0 fully saturated rings. The van der Waals surface area contributed by atoms with E-state index in [-0.39, 0.29) is 11.8 Å². The third-order valence-corrected chi connectivity index (χ3v) is 5.79. The second-order valence-electron chi connectivity index (χ2n) is 7.92. The molecule has 1 aromatic carbocycles. The molecule has 0 radical (unpaired) electrons. The molecule has 5 aromatic rings. The number of carbonyl (C=O) groups is 1. The van der Waals surface area contributed by atoms with Gasteiger partial charge < -0.3 is 14.3 Å². The monoisotopic (exact) mass is 441 g/mol. The number of imidazole rings is 1. The number of nitrogens with zero attached hydrogens (tertiary/aromatic N) is 8. The van der Waals surface area contributed by atoms with Gasteiger partial charge in [-0.05, 0) is 13.0 Å². The van der Waals surface area contributed by atoms with Crippen LogP contribution in [0.2, 0.25) is 0 Å². The summed E-state index contributed by atoms with van der Waals surface area (Å²) in [5.74, 6) is 0.238. The van der Waals surface area contributed by atoms with Crippen LogP contribution in [0.5, 0.6) is 0 Å². The Hall–Kier alpha value is -4.41. The lowest BCUT2D eigenvalue weighted by atomic mass is 10.0. The maximum atomic E-state index is 13.5. The van der Waals surface area contributed by atoms with Crippen LogP contribution in [0.25, 0.3) is 22.4 Å². The molecule has 1 atom stereocenters. The summed E-state index contributed by atoms with van der Waals surface area (Å²) in [7, 11) is 1.81. The molecular formula is C22H19N9O2. The standard InChI is InChI=1S/C22H19N9O2/c1-12-14(10-30(2)29-12)20-27-28-21(33-20)22(32)31-8-7-16-17(25-11-24-16)18(31)19-23-9-13-5-3-4-6-15(13)26-19/h3-6,9-11,18H,7-8H2,1-2H3,(H,24,25)/t18-/m1/s1. The molecule has 0 saturated heterocycles. The van der Waals surface area contributed by atoms with Crippen LogP contribution in [0, 0.1) is 6.92 Å². The van der Waals surface area contributed by atoms with E-state index in [1.807, 2.05) is 38.2 Å². The number of rotatable bonds is 3. The molecule has 1 aliphatic heterocycles. The van der Waals surface area contributed by atoms with Crippen molar-refractivity contribution in [2.75, 3.05) is 6.54 Å². The van der Waals surface area contributed by atoms with Crippen LogP contribution < -0.4 is 0 Å². The van der Waals surface area contributed by atoms with E-state index < -0.39 is 11.9 Å². The van der Waals surface area contributed by atoms with Crippen LogP contribution in [0.3, 0.4) is 0 Å². The first kappa shape index (κ1) is 19.3. The number of aromatic nitrogens is 8. The molecular weight excluding hydrogens is 422 g/mol. The normalized spacial score (nSPS) is 15.7. The third-order valence-electron chi connectivity index (χ3n) is 5.79. The fourth-order valence-corrected chi connectivity index (χ4v) is 4.23. The van der Waals surface area contributed by atoms with Gasteiger partial charge in [-0.1, -0.05) is 18.2 Å². The van der Waals surface area contributed by atoms with Crippen LogP contribution in [0.15, 0.2) is 47.4 Å². The van der Waals surface area contributed by atoms with Crippen molar-refractivity contribution in [2.45, 2.75) is 19.4 Å². The van der Waals surface area contributed by atoms with Crippen molar-refractivity contribution in [1.82, 2.24) is 44.8 Å². The average Bonchev–Trinajstić information content (AvgIpc) is 3.57. The van der Waals surface area contributed by atoms with Crippen LogP contribution in [-0.2, 0) is 13.5 Å². The van der Waals surface area contributed by atoms with E-state index in [9.17, 15) is 4.79 Å². The van der Waals surface area contributed by atoms with E-state index in [1.165, 1.54) is 0 Å². The van der Waals surface area contributed by atoms with Gasteiger partial charge in [-0.3, -0.25) is 9.48 Å². The largest absolute Gasteiger partial charge is 0.412 e. The molecule has 0 bridgehead atoms. The molecule has 6 rings (SSSR count). The Balaban J connectivity index is 1.40. The second kappa shape index (κ2) is 7.33. The van der Waals surface area contributed by atoms with Gasteiger partial charge in [0.1, 0.15) is 6.04 Å². The first-order valence-corrected chi connectivity index (χ1v) is 10.5. The van der Waals surface area contributed by atoms with Gasteiger partial charge in [-0.15, -0.1) is 10.2 Å². The minimum atomic E-state index is -0.576. The molecule has 0 spiro atoms. The maximum Gasteiger partial charge on any atom is 0.312 e. The number of aromatic amines is 1. The zero-order valence-corrected chi connectivity index (χ0v) is 17.9. The lowest BCUT2D eigenvalue weighted by Crippen LogP contribution is -2.41. The quantitative estimate of drug-likeness (QED) is 0.451. The van der Waals surface area contributed by atoms with Crippen molar-refractivity contribution in [3.63, 3.8) is 0 Å². The number of para-hydroxylation sites is 1. The van der Waals surface area contributed by atoms with E-state index in [0.29, 0.717) is 30.0 Å². The van der Waals surface area contributed by atoms with Gasteiger partial charge in [0, 0.05) is 43.5 Å². The SMILES string of the molecule is Cc1nn(C)cc1-c1nnc(C(=O)N2CCc3[nH]cnc3[C@@H]2c2ncc3ccccc3n2)o1. The van der Waals surface area contributed by atoms with Crippen molar-refractivity contribution < 1.29 is 9.21 Å². The Morgan fingerprint density at radius 1 is 1.21 bits per heavy atom. The zero-order valence-electron chi connectivity index (χ0n) is 17.9. The van der Waals surface area contributed by atoms with Crippen LogP contribution >= 0.6 is 0 Å². The molecule has 4 aromatic heterocycles. The summed E-state index contributed by atoms with van der Waals surface area (Å²) < 4.78 is 7.43. The summed E-state index contributed by atoms with van der Waals surface area (Å²) in [6.07, 6.45) is 5.79. The minimum absolute atomic E-state index is 0.0990. The van der Waals surface area contributed by atoms with Gasteiger partial charge in [0.15, 0.2) is 5.82 Å². The van der Waals surface area contributed by atoms with Crippen molar-refractivity contribution in [2.24, 2.45) is 7.05 Å². The molecule has 1 aliphatic rings. The van der Waals surface area contributed by atoms with E-state index >= 15 is 0 Å². The lowest BCUT2D eigenvalue weighted by molar-refractivity contribution is 0.0643. The van der Waals surface area contributed by atoms with Crippen molar-refractivity contribution in [3.8, 4) is 11.5 Å². The Morgan fingerprint density at radius 3 is 2.94 bits per heavy atom. The number of fused-ring (bicyclic) bond motifs is 2. The first-order valence-electron chi connectivity index (χ1n) is 10.5. The van der Waals surface area contributed by atoms with E-state index in [4.69, 9.17) is 9.40 Å². The summed E-state index contributed by atoms with van der Waals surface area (Å²) >= 11 is 0. The topological polar surface area (TPSA) is 132 Å². The number of H-pyrrole nitrogens is 1. The molecule has 5 heterocycles. The van der Waals surface area contributed by atoms with E-state index in [2.05, 4.69) is 30.2 Å². The van der Waals surface area contributed by atoms with Gasteiger partial charge in [0.2, 0.25) is 0 Å². The summed E-state index contributed by atoms with van der Waals surface area (Å²) in [5.41, 5.74) is 3.89. The zero-order chi connectivity index (χ0) is 22.5. The number of hydrogen-bond donors (Lipinski definition) is 1. The number of nitrogens with one attached hydrogen (secondary N) is 1. The summed E-state index contributed by atoms with van der Waals surface area (Å²) in [6, 6.07) is 7.14. The predicted molar refractivity (Wildman–Crippen MR) is 116 cm³/mol. The molecule has 1 N–H and O–H groups in total. The van der Waals surface area contributed by atoms with Crippen molar-refractivity contribution in [1.29, 1.82) is 0 Å². The van der Waals surface area contributed by atoms with Crippen LogP contribution in [-0.4, -0.2) is 57.3 Å². The Bertz CT molecular complexity index is 1500. The number of aryl methyl sites for hydroxylation is 2.